The smallest absolute Gasteiger partial charge is 0.0462 e. The predicted octanol–water partition coefficient (Wildman–Crippen LogP) is 16.6. The summed E-state index contributed by atoms with van der Waals surface area (Å²) in [6.07, 6.45) is 0. The van der Waals surface area contributed by atoms with Gasteiger partial charge in [-0.05, 0) is 99.6 Å². The lowest BCUT2D eigenvalue weighted by Crippen LogP contribution is -2.09. The van der Waals surface area contributed by atoms with E-state index < -0.39 is 0 Å². The van der Waals surface area contributed by atoms with Crippen molar-refractivity contribution in [3.05, 3.63) is 212 Å². The molecule has 0 aliphatic rings. The van der Waals surface area contributed by atoms with Crippen LogP contribution in [0.3, 0.4) is 0 Å². The second kappa shape index (κ2) is 14.1. The van der Waals surface area contributed by atoms with Crippen molar-refractivity contribution < 1.29 is 0 Å². The van der Waals surface area contributed by atoms with Crippen LogP contribution >= 0.6 is 22.7 Å². The molecule has 1 nitrogen and oxygen atoms in total. The molecule has 9 aromatic carbocycles. The average Bonchev–Trinajstić information content (AvgIpc) is 3.86. The Bertz CT molecular complexity index is 3200. The zero-order chi connectivity index (χ0) is 37.7. The maximum Gasteiger partial charge on any atom is 0.0462 e. The van der Waals surface area contributed by atoms with Gasteiger partial charge in [0, 0.05) is 63.0 Å². The minimum atomic E-state index is 1.11. The van der Waals surface area contributed by atoms with Crippen LogP contribution in [0.1, 0.15) is 0 Å². The molecule has 0 radical (unpaired) electrons. The van der Waals surface area contributed by atoms with Crippen LogP contribution in [0.25, 0.3) is 84.9 Å². The van der Waals surface area contributed by atoms with Crippen molar-refractivity contribution in [2.45, 2.75) is 0 Å². The van der Waals surface area contributed by atoms with Crippen molar-refractivity contribution in [3.8, 4) is 44.5 Å². The number of thiophene rings is 2. The summed E-state index contributed by atoms with van der Waals surface area (Å²) < 4.78 is 5.30. The highest BCUT2D eigenvalue weighted by Crippen LogP contribution is 2.46. The molecule has 11 rings (SSSR count). The van der Waals surface area contributed by atoms with E-state index >= 15 is 0 Å². The Balaban J connectivity index is 1.00. The number of fused-ring (bicyclic) bond motifs is 6. The first-order valence-electron chi connectivity index (χ1n) is 19.3. The highest BCUT2D eigenvalue weighted by atomic mass is 32.1. The van der Waals surface area contributed by atoms with Gasteiger partial charge in [-0.2, -0.15) is 0 Å². The first-order valence-corrected chi connectivity index (χ1v) is 21.0. The van der Waals surface area contributed by atoms with Gasteiger partial charge in [0.05, 0.1) is 0 Å². The van der Waals surface area contributed by atoms with E-state index in [2.05, 4.69) is 217 Å². The van der Waals surface area contributed by atoms with Gasteiger partial charge >= 0.3 is 0 Å². The molecule has 0 bridgehead atoms. The minimum absolute atomic E-state index is 1.11. The molecular formula is C54H35NS2. The van der Waals surface area contributed by atoms with Crippen molar-refractivity contribution in [2.24, 2.45) is 0 Å². The fourth-order valence-electron chi connectivity index (χ4n) is 8.30. The maximum absolute atomic E-state index is 2.37. The summed E-state index contributed by atoms with van der Waals surface area (Å²) in [4.78, 5) is 2.37. The van der Waals surface area contributed by atoms with Crippen LogP contribution in [0, 0.1) is 0 Å². The van der Waals surface area contributed by atoms with Crippen molar-refractivity contribution in [1.82, 2.24) is 0 Å². The summed E-state index contributed by atoms with van der Waals surface area (Å²) in [5, 5.41) is 5.27. The molecule has 57 heavy (non-hydrogen) atoms. The van der Waals surface area contributed by atoms with Crippen molar-refractivity contribution >= 4 is 80.1 Å². The van der Waals surface area contributed by atoms with Gasteiger partial charge in [-0.3, -0.25) is 0 Å². The Morgan fingerprint density at radius 3 is 1.37 bits per heavy atom. The molecule has 3 heteroatoms. The molecule has 0 N–H and O–H groups in total. The Kier molecular flexibility index (Phi) is 8.28. The molecule has 0 fully saturated rings. The molecule has 2 heterocycles. The van der Waals surface area contributed by atoms with Crippen LogP contribution in [0.15, 0.2) is 212 Å². The highest BCUT2D eigenvalue weighted by molar-refractivity contribution is 7.26. The Labute approximate surface area is 340 Å². The lowest BCUT2D eigenvalue weighted by atomic mass is 9.92. The summed E-state index contributed by atoms with van der Waals surface area (Å²) in [5.74, 6) is 0. The molecule has 2 aromatic heterocycles. The van der Waals surface area contributed by atoms with Gasteiger partial charge in [0.2, 0.25) is 0 Å². The second-order valence-electron chi connectivity index (χ2n) is 14.5. The number of benzene rings is 9. The van der Waals surface area contributed by atoms with Gasteiger partial charge in [-0.25, -0.2) is 0 Å². The number of hydrogen-bond acceptors (Lipinski definition) is 3. The summed E-state index contributed by atoms with van der Waals surface area (Å²) in [7, 11) is 0. The number of rotatable bonds is 7. The fourth-order valence-corrected chi connectivity index (χ4v) is 10.7. The van der Waals surface area contributed by atoms with Gasteiger partial charge < -0.3 is 4.90 Å². The normalized spacial score (nSPS) is 11.5. The molecular weight excluding hydrogens is 727 g/mol. The van der Waals surface area contributed by atoms with Gasteiger partial charge in [-0.15, -0.1) is 22.7 Å². The molecule has 0 aliphatic carbocycles. The summed E-state index contributed by atoms with van der Waals surface area (Å²) in [5.41, 5.74) is 13.1. The largest absolute Gasteiger partial charge is 0.311 e. The Hall–Kier alpha value is -6.78. The van der Waals surface area contributed by atoms with E-state index in [9.17, 15) is 0 Å². The predicted molar refractivity (Wildman–Crippen MR) is 249 cm³/mol. The van der Waals surface area contributed by atoms with E-state index in [1.807, 2.05) is 22.7 Å². The molecule has 0 aliphatic heterocycles. The summed E-state index contributed by atoms with van der Waals surface area (Å²) >= 11 is 3.75. The first kappa shape index (κ1) is 33.5. The third-order valence-electron chi connectivity index (χ3n) is 11.1. The molecule has 0 saturated heterocycles. The van der Waals surface area contributed by atoms with Gasteiger partial charge in [0.25, 0.3) is 0 Å². The third kappa shape index (κ3) is 6.00. The van der Waals surface area contributed by atoms with Crippen molar-refractivity contribution in [1.29, 1.82) is 0 Å². The Morgan fingerprint density at radius 1 is 0.281 bits per heavy atom. The SMILES string of the molecule is c1ccc(-c2ccc(N(c3ccc(-c4ccc5sc6ccccc6c5c4)cc3)c3ccc(-c4ccc5c(sc6ccccc65)c4-c4ccccc4)cc3)cc2)cc1. The maximum atomic E-state index is 2.37. The van der Waals surface area contributed by atoms with Crippen LogP contribution in [0.2, 0.25) is 0 Å². The van der Waals surface area contributed by atoms with Crippen LogP contribution < -0.4 is 4.90 Å². The van der Waals surface area contributed by atoms with Gasteiger partial charge in [0.1, 0.15) is 0 Å². The molecule has 0 unspecified atom stereocenters. The van der Waals surface area contributed by atoms with Crippen LogP contribution in [-0.2, 0) is 0 Å². The monoisotopic (exact) mass is 761 g/mol. The molecule has 0 amide bonds. The number of hydrogen-bond donors (Lipinski definition) is 0. The summed E-state index contributed by atoms with van der Waals surface area (Å²) in [6.45, 7) is 0. The molecule has 11 aromatic rings. The molecule has 0 saturated carbocycles. The Morgan fingerprint density at radius 2 is 0.737 bits per heavy atom. The molecule has 268 valence electrons. The highest BCUT2D eigenvalue weighted by Gasteiger charge is 2.18. The van der Waals surface area contributed by atoms with E-state index in [0.29, 0.717) is 0 Å². The van der Waals surface area contributed by atoms with Crippen LogP contribution in [-0.4, -0.2) is 0 Å². The van der Waals surface area contributed by atoms with E-state index in [4.69, 9.17) is 0 Å². The fraction of sp³-hybridized carbons (Fsp3) is 0. The second-order valence-corrected chi connectivity index (χ2v) is 16.6. The lowest BCUT2D eigenvalue weighted by Gasteiger charge is -2.26. The van der Waals surface area contributed by atoms with E-state index in [-0.39, 0.29) is 0 Å². The van der Waals surface area contributed by atoms with Crippen LogP contribution in [0.4, 0.5) is 17.1 Å². The van der Waals surface area contributed by atoms with Crippen molar-refractivity contribution in [2.75, 3.05) is 4.90 Å². The van der Waals surface area contributed by atoms with E-state index in [1.54, 1.807) is 0 Å². The standard InChI is InChI=1S/C54H35NS2/c1-3-11-36(12-4-1)37-19-26-42(27-20-37)55(43-28-21-38(22-29-43)41-25-34-52-49(35-41)47-16-8-9-17-50(47)56-52)44-30-23-39(24-31-44)45-32-33-48-46-15-7-10-18-51(46)57-54(48)53(45)40-13-5-2-6-14-40/h1-35H. The first-order chi connectivity index (χ1) is 28.2. The van der Waals surface area contributed by atoms with E-state index in [0.717, 1.165) is 17.1 Å². The van der Waals surface area contributed by atoms with Gasteiger partial charge in [-0.1, -0.05) is 152 Å². The number of nitrogens with zero attached hydrogens (tertiary/aromatic N) is 1. The van der Waals surface area contributed by atoms with Gasteiger partial charge in [0.15, 0.2) is 0 Å². The topological polar surface area (TPSA) is 3.24 Å². The third-order valence-corrected chi connectivity index (χ3v) is 13.5. The lowest BCUT2D eigenvalue weighted by molar-refractivity contribution is 1.28. The zero-order valence-corrected chi connectivity index (χ0v) is 32.6. The molecule has 0 spiro atoms. The number of anilines is 3. The molecule has 0 atom stereocenters. The van der Waals surface area contributed by atoms with E-state index in [1.165, 1.54) is 84.9 Å². The van der Waals surface area contributed by atoms with Crippen LogP contribution in [0.5, 0.6) is 0 Å². The summed E-state index contributed by atoms with van der Waals surface area (Å²) in [6, 6.07) is 77.5. The zero-order valence-electron chi connectivity index (χ0n) is 31.0. The minimum Gasteiger partial charge on any atom is -0.311 e. The van der Waals surface area contributed by atoms with Crippen molar-refractivity contribution in [3.63, 3.8) is 0 Å². The quantitative estimate of drug-likeness (QED) is 0.156. The average molecular weight is 762 g/mol.